The molecule has 0 bridgehead atoms. The first-order valence-electron chi connectivity index (χ1n) is 9.57. The summed E-state index contributed by atoms with van der Waals surface area (Å²) in [5, 5.41) is 0. The van der Waals surface area contributed by atoms with Gasteiger partial charge >= 0.3 is 45.6 Å². The summed E-state index contributed by atoms with van der Waals surface area (Å²) in [5.41, 5.74) is -1.41. The van der Waals surface area contributed by atoms with Crippen molar-refractivity contribution >= 4 is 45.6 Å². The van der Waals surface area contributed by atoms with Crippen molar-refractivity contribution in [3.8, 4) is 0 Å². The Bertz CT molecular complexity index is 412. The van der Waals surface area contributed by atoms with Gasteiger partial charge in [-0.15, -0.1) is 0 Å². The van der Waals surface area contributed by atoms with Crippen LogP contribution in [-0.4, -0.2) is 53.9 Å². The molecule has 7 heteroatoms. The van der Waals surface area contributed by atoms with Gasteiger partial charge in [0.1, 0.15) is 0 Å². The van der Waals surface area contributed by atoms with Gasteiger partial charge in [-0.2, -0.15) is 8.42 Å². The third kappa shape index (κ3) is 17.5. The van der Waals surface area contributed by atoms with Gasteiger partial charge in [0.2, 0.25) is 5.44 Å². The van der Waals surface area contributed by atoms with Crippen LogP contribution in [0.5, 0.6) is 0 Å². The third-order valence-corrected chi connectivity index (χ3v) is 5.12. The Kier molecular flexibility index (Phi) is 19.6. The monoisotopic (exact) mass is 388 g/mol. The molecule has 1 N–H and O–H groups in total. The fourth-order valence-corrected chi connectivity index (χ4v) is 3.31. The number of carbonyl (C=O) groups excluding carboxylic acids is 1. The van der Waals surface area contributed by atoms with Crippen molar-refractivity contribution in [2.45, 2.75) is 109 Å². The van der Waals surface area contributed by atoms with E-state index in [1.807, 2.05) is 6.92 Å². The Morgan fingerprint density at radius 3 is 1.76 bits per heavy atom. The number of carbonyl (C=O) groups is 1. The molecule has 5 nitrogen and oxygen atoms in total. The van der Waals surface area contributed by atoms with Gasteiger partial charge in [0.15, 0.2) is 0 Å². The summed E-state index contributed by atoms with van der Waals surface area (Å²) in [6.45, 7) is 4.20. The first kappa shape index (κ1) is 27.6. The second-order valence-electron chi connectivity index (χ2n) is 6.51. The van der Waals surface area contributed by atoms with E-state index in [1.165, 1.54) is 38.5 Å². The molecule has 0 heterocycles. The molecule has 0 amide bonds. The maximum absolute atomic E-state index is 11.7. The van der Waals surface area contributed by atoms with E-state index < -0.39 is 21.5 Å². The van der Waals surface area contributed by atoms with Crippen molar-refractivity contribution in [3.05, 3.63) is 0 Å². The Hall–Kier alpha value is 0.380. The van der Waals surface area contributed by atoms with Crippen LogP contribution in [0, 0.1) is 0 Å². The summed E-state index contributed by atoms with van der Waals surface area (Å²) >= 11 is 0. The van der Waals surface area contributed by atoms with Crippen LogP contribution in [0.1, 0.15) is 104 Å². The molecular formula is C18H37NaO5S. The van der Waals surface area contributed by atoms with Crippen molar-refractivity contribution < 1.29 is 22.5 Å². The summed E-state index contributed by atoms with van der Waals surface area (Å²) in [7, 11) is -4.33. The van der Waals surface area contributed by atoms with Crippen molar-refractivity contribution in [3.63, 3.8) is 0 Å². The van der Waals surface area contributed by atoms with Crippen molar-refractivity contribution in [2.24, 2.45) is 0 Å². The van der Waals surface area contributed by atoms with Crippen LogP contribution in [0.2, 0.25) is 0 Å². The second-order valence-corrected chi connectivity index (χ2v) is 8.06. The van der Waals surface area contributed by atoms with E-state index in [-0.39, 0.29) is 42.4 Å². The normalized spacial score (nSPS) is 12.4. The summed E-state index contributed by atoms with van der Waals surface area (Å²) in [5.74, 6) is -0.530. The van der Waals surface area contributed by atoms with Gasteiger partial charge in [-0.3, -0.25) is 9.35 Å². The van der Waals surface area contributed by atoms with Crippen LogP contribution in [0.3, 0.4) is 0 Å². The van der Waals surface area contributed by atoms with E-state index in [2.05, 4.69) is 6.92 Å². The van der Waals surface area contributed by atoms with Gasteiger partial charge in [-0.25, -0.2) is 0 Å². The minimum atomic E-state index is -4.33. The Morgan fingerprint density at radius 2 is 1.28 bits per heavy atom. The molecule has 0 aliphatic rings. The van der Waals surface area contributed by atoms with E-state index in [0.29, 0.717) is 12.8 Å². The number of hydrogen-bond donors (Lipinski definition) is 1. The van der Waals surface area contributed by atoms with Crippen LogP contribution in [0.25, 0.3) is 0 Å². The van der Waals surface area contributed by atoms with Gasteiger partial charge in [-0.1, -0.05) is 78.1 Å². The van der Waals surface area contributed by atoms with E-state index in [9.17, 15) is 13.2 Å². The summed E-state index contributed by atoms with van der Waals surface area (Å²) in [6, 6.07) is 0. The maximum atomic E-state index is 11.7. The fourth-order valence-electron chi connectivity index (χ4n) is 2.62. The van der Waals surface area contributed by atoms with Crippen LogP contribution < -0.4 is 0 Å². The Balaban J connectivity index is 0. The third-order valence-electron chi connectivity index (χ3n) is 4.12. The molecule has 1 unspecified atom stereocenters. The average molecular weight is 389 g/mol. The van der Waals surface area contributed by atoms with Crippen LogP contribution in [0.15, 0.2) is 0 Å². The van der Waals surface area contributed by atoms with E-state index in [1.54, 1.807) is 0 Å². The number of esters is 1. The standard InChI is InChI=1S/C18H36O5S.Na.H/c1-3-5-7-8-9-10-11-12-14-15-17(19)23-18(24(20,21)22)16-13-6-4-2;;/h18H,3-16H2,1-2H3,(H,20,21,22);;. The van der Waals surface area contributed by atoms with Gasteiger partial charge in [0, 0.05) is 12.8 Å². The molecule has 1 atom stereocenters. The first-order chi connectivity index (χ1) is 11.4. The Labute approximate surface area is 176 Å². The molecule has 0 radical (unpaired) electrons. The topological polar surface area (TPSA) is 80.7 Å². The molecule has 0 aliphatic heterocycles. The Morgan fingerprint density at radius 1 is 0.840 bits per heavy atom. The predicted molar refractivity (Wildman–Crippen MR) is 105 cm³/mol. The van der Waals surface area contributed by atoms with Crippen LogP contribution in [-0.2, 0) is 19.6 Å². The van der Waals surface area contributed by atoms with E-state index in [0.717, 1.165) is 25.7 Å². The molecule has 0 rings (SSSR count). The summed E-state index contributed by atoms with van der Waals surface area (Å²) in [6.07, 6.45) is 13.1. The molecule has 0 spiro atoms. The zero-order valence-corrected chi connectivity index (χ0v) is 16.3. The summed E-state index contributed by atoms with van der Waals surface area (Å²) in [4.78, 5) is 11.7. The van der Waals surface area contributed by atoms with E-state index in [4.69, 9.17) is 9.29 Å². The fraction of sp³-hybridized carbons (Fsp3) is 0.944. The molecule has 0 saturated carbocycles. The van der Waals surface area contributed by atoms with Crippen LogP contribution >= 0.6 is 0 Å². The van der Waals surface area contributed by atoms with Gasteiger partial charge < -0.3 is 4.74 Å². The van der Waals surface area contributed by atoms with Gasteiger partial charge in [0.05, 0.1) is 0 Å². The molecule has 0 saturated heterocycles. The second kappa shape index (κ2) is 17.8. The van der Waals surface area contributed by atoms with Crippen molar-refractivity contribution in [1.82, 2.24) is 0 Å². The SMILES string of the molecule is CCCCCCCCCCCC(=O)OC(CCCCC)S(=O)(=O)O.[NaH]. The summed E-state index contributed by atoms with van der Waals surface area (Å²) < 4.78 is 36.6. The minimum absolute atomic E-state index is 0. The molecular weight excluding hydrogens is 351 g/mol. The zero-order valence-electron chi connectivity index (χ0n) is 15.5. The van der Waals surface area contributed by atoms with Crippen molar-refractivity contribution in [2.75, 3.05) is 0 Å². The number of hydrogen-bond acceptors (Lipinski definition) is 4. The molecule has 0 aromatic rings. The van der Waals surface area contributed by atoms with Crippen LogP contribution in [0.4, 0.5) is 0 Å². The number of ether oxygens (including phenoxy) is 1. The number of rotatable bonds is 16. The average Bonchev–Trinajstić information content (AvgIpc) is 2.51. The molecule has 146 valence electrons. The molecule has 0 aromatic heterocycles. The predicted octanol–water partition coefficient (Wildman–Crippen LogP) is 4.60. The van der Waals surface area contributed by atoms with Crippen molar-refractivity contribution in [1.29, 1.82) is 0 Å². The number of unbranched alkanes of at least 4 members (excludes halogenated alkanes) is 10. The molecule has 0 aromatic carbocycles. The van der Waals surface area contributed by atoms with E-state index >= 15 is 0 Å². The first-order valence-corrected chi connectivity index (χ1v) is 11.1. The molecule has 25 heavy (non-hydrogen) atoms. The quantitative estimate of drug-likeness (QED) is 0.181. The van der Waals surface area contributed by atoms with Gasteiger partial charge in [-0.05, 0) is 12.8 Å². The zero-order chi connectivity index (χ0) is 18.3. The molecule has 0 aliphatic carbocycles. The molecule has 0 fully saturated rings. The van der Waals surface area contributed by atoms with Gasteiger partial charge in [0.25, 0.3) is 0 Å².